The second-order valence-electron chi connectivity index (χ2n) is 16.7. The molecular formula is C41H71N5O6S. The summed E-state index contributed by atoms with van der Waals surface area (Å²) in [6, 6.07) is 5.35. The monoisotopic (exact) mass is 762 g/mol. The Labute approximate surface area is 324 Å². The number of nitrogens with zero attached hydrogens (tertiary/aromatic N) is 3. The Bertz CT molecular complexity index is 1310. The van der Waals surface area contributed by atoms with E-state index in [1.165, 1.54) is 0 Å². The number of hydrogen-bond acceptors (Lipinski definition) is 8. The average Bonchev–Trinajstić information content (AvgIpc) is 3.56. The summed E-state index contributed by atoms with van der Waals surface area (Å²) in [6.45, 7) is 19.5. The van der Waals surface area contributed by atoms with Crippen LogP contribution >= 0.6 is 11.8 Å². The first kappa shape index (κ1) is 46.3. The van der Waals surface area contributed by atoms with Crippen molar-refractivity contribution in [1.82, 2.24) is 25.3 Å². The fourth-order valence-corrected chi connectivity index (χ4v) is 9.17. The molecule has 12 heteroatoms. The first-order valence-corrected chi connectivity index (χ1v) is 20.4. The molecule has 11 nitrogen and oxygen atoms in total. The summed E-state index contributed by atoms with van der Waals surface area (Å²) in [5.41, 5.74) is 1.03. The van der Waals surface area contributed by atoms with E-state index in [0.29, 0.717) is 25.9 Å². The lowest BCUT2D eigenvalue weighted by Gasteiger charge is -2.41. The molecule has 2 rings (SSSR count). The predicted octanol–water partition coefficient (Wildman–Crippen LogP) is 5.34. The average molecular weight is 762 g/mol. The molecule has 1 fully saturated rings. The molecular weight excluding hydrogens is 691 g/mol. The number of phenols is 1. The summed E-state index contributed by atoms with van der Waals surface area (Å²) in [5, 5.41) is 15.6. The van der Waals surface area contributed by atoms with Gasteiger partial charge in [-0.2, -0.15) is 0 Å². The minimum absolute atomic E-state index is 0.0132. The zero-order chi connectivity index (χ0) is 40.2. The molecule has 1 aliphatic heterocycles. The van der Waals surface area contributed by atoms with Gasteiger partial charge >= 0.3 is 0 Å². The fourth-order valence-electron chi connectivity index (χ4n) is 7.59. The van der Waals surface area contributed by atoms with Gasteiger partial charge in [-0.05, 0) is 68.8 Å². The van der Waals surface area contributed by atoms with E-state index in [1.54, 1.807) is 43.0 Å². The number of nitrogens with one attached hydrogen (secondary N) is 2. The highest BCUT2D eigenvalue weighted by Crippen LogP contribution is 2.38. The summed E-state index contributed by atoms with van der Waals surface area (Å²) in [4.78, 5) is 60.8. The third kappa shape index (κ3) is 14.1. The van der Waals surface area contributed by atoms with Crippen LogP contribution in [0, 0.1) is 17.8 Å². The van der Waals surface area contributed by atoms with E-state index in [4.69, 9.17) is 4.74 Å². The van der Waals surface area contributed by atoms with Crippen molar-refractivity contribution in [2.75, 3.05) is 41.3 Å². The lowest BCUT2D eigenvalue weighted by molar-refractivity contribution is -0.146. The highest BCUT2D eigenvalue weighted by Gasteiger charge is 2.42. The van der Waals surface area contributed by atoms with Crippen LogP contribution in [0.4, 0.5) is 0 Å². The van der Waals surface area contributed by atoms with Crippen molar-refractivity contribution < 1.29 is 29.0 Å². The van der Waals surface area contributed by atoms with Gasteiger partial charge in [0.2, 0.25) is 23.6 Å². The standard InChI is InChI=1S/C41H71N5O6S/c1-14-28(6)38(45(12)40(51)36(26(2)3)43-39(50)37(27(4)5)44(10)11)32(52-13)24-35(49)46-23-15-16-31(46)33(53-41(7,8)9)25-34(48)42-22-21-29-17-19-30(47)20-18-29/h17-20,26-28,31-33,36-38,47H,14-16,21-25H2,1-13H3,(H,42,48)(H,43,50). The number of aromatic hydroxyl groups is 1. The van der Waals surface area contributed by atoms with E-state index < -0.39 is 18.2 Å². The second kappa shape index (κ2) is 21.3. The predicted molar refractivity (Wildman–Crippen MR) is 216 cm³/mol. The van der Waals surface area contributed by atoms with E-state index >= 15 is 0 Å². The summed E-state index contributed by atoms with van der Waals surface area (Å²) >= 11 is 1.74. The fraction of sp³-hybridized carbons (Fsp3) is 0.756. The van der Waals surface area contributed by atoms with E-state index in [1.807, 2.05) is 63.7 Å². The van der Waals surface area contributed by atoms with Crippen molar-refractivity contribution in [3.63, 3.8) is 0 Å². The van der Waals surface area contributed by atoms with Gasteiger partial charge in [0.15, 0.2) is 0 Å². The van der Waals surface area contributed by atoms with Crippen LogP contribution in [0.2, 0.25) is 0 Å². The molecule has 0 saturated carbocycles. The third-order valence-corrected chi connectivity index (χ3v) is 11.9. The summed E-state index contributed by atoms with van der Waals surface area (Å²) in [6.07, 6.45) is 2.90. The van der Waals surface area contributed by atoms with Crippen molar-refractivity contribution in [2.24, 2.45) is 17.8 Å². The van der Waals surface area contributed by atoms with Crippen molar-refractivity contribution in [2.45, 2.75) is 141 Å². The van der Waals surface area contributed by atoms with E-state index in [9.17, 15) is 24.3 Å². The maximum atomic E-state index is 14.3. The second-order valence-corrected chi connectivity index (χ2v) is 18.8. The van der Waals surface area contributed by atoms with Crippen LogP contribution < -0.4 is 10.6 Å². The molecule has 4 amide bonds. The molecule has 1 aromatic rings. The van der Waals surface area contributed by atoms with Gasteiger partial charge in [0.05, 0.1) is 24.6 Å². The van der Waals surface area contributed by atoms with Gasteiger partial charge in [-0.25, -0.2) is 0 Å². The summed E-state index contributed by atoms with van der Waals surface area (Å²) in [5.74, 6) is -0.345. The van der Waals surface area contributed by atoms with E-state index in [0.717, 1.165) is 24.8 Å². The molecule has 7 atom stereocenters. The molecule has 53 heavy (non-hydrogen) atoms. The number of carbonyl (C=O) groups is 4. The molecule has 302 valence electrons. The number of carbonyl (C=O) groups excluding carboxylic acids is 4. The first-order chi connectivity index (χ1) is 24.7. The van der Waals surface area contributed by atoms with Crippen LogP contribution in [-0.2, 0) is 30.3 Å². The highest BCUT2D eigenvalue weighted by atomic mass is 32.2. The topological polar surface area (TPSA) is 132 Å². The van der Waals surface area contributed by atoms with Crippen LogP contribution in [-0.4, -0.2) is 125 Å². The number of likely N-dealkylation sites (N-methyl/N-ethyl adjacent to an activating group) is 2. The van der Waals surface area contributed by atoms with Crippen molar-refractivity contribution in [3.05, 3.63) is 29.8 Å². The first-order valence-electron chi connectivity index (χ1n) is 19.5. The normalized spacial score (nSPS) is 18.4. The van der Waals surface area contributed by atoms with Crippen LogP contribution in [0.1, 0.15) is 100.0 Å². The van der Waals surface area contributed by atoms with E-state index in [2.05, 4.69) is 45.3 Å². The lowest BCUT2D eigenvalue weighted by Crippen LogP contribution is -2.59. The molecule has 1 saturated heterocycles. The maximum Gasteiger partial charge on any atom is 0.245 e. The number of rotatable bonds is 20. The molecule has 0 radical (unpaired) electrons. The van der Waals surface area contributed by atoms with Gasteiger partial charge in [-0.3, -0.25) is 24.1 Å². The molecule has 3 N–H and O–H groups in total. The molecule has 1 heterocycles. The summed E-state index contributed by atoms with van der Waals surface area (Å²) in [7, 11) is 7.09. The zero-order valence-electron chi connectivity index (χ0n) is 34.9. The van der Waals surface area contributed by atoms with Crippen molar-refractivity contribution in [3.8, 4) is 5.75 Å². The van der Waals surface area contributed by atoms with Gasteiger partial charge < -0.3 is 30.3 Å². The number of thioether (sulfide) groups is 1. The number of amides is 4. The van der Waals surface area contributed by atoms with Gasteiger partial charge in [0, 0.05) is 49.7 Å². The van der Waals surface area contributed by atoms with Crippen LogP contribution in [0.3, 0.4) is 0 Å². The van der Waals surface area contributed by atoms with Gasteiger partial charge in [-0.1, -0.05) is 80.9 Å². The Morgan fingerprint density at radius 3 is 2.13 bits per heavy atom. The molecule has 1 aromatic carbocycles. The minimum atomic E-state index is -0.737. The lowest BCUT2D eigenvalue weighted by atomic mass is 9.89. The molecule has 0 aliphatic carbocycles. The number of phenolic OH excluding ortho intramolecular Hbond substituents is 1. The highest BCUT2D eigenvalue weighted by molar-refractivity contribution is 8.01. The van der Waals surface area contributed by atoms with Gasteiger partial charge in [0.25, 0.3) is 0 Å². The molecule has 7 unspecified atom stereocenters. The maximum absolute atomic E-state index is 14.3. The quantitative estimate of drug-likeness (QED) is 0.163. The van der Waals surface area contributed by atoms with E-state index in [-0.39, 0.29) is 75.6 Å². The SMILES string of the molecule is CCC(C)C(C(CC(=O)N1CCCC1C(CC(=O)NCCc1ccc(O)cc1)SC(C)(C)C)OC)N(C)C(=O)C(NC(=O)C(C(C)C)N(C)C)C(C)C. The molecule has 0 bridgehead atoms. The van der Waals surface area contributed by atoms with Crippen LogP contribution in [0.25, 0.3) is 0 Å². The number of benzene rings is 1. The Kier molecular flexibility index (Phi) is 18.6. The Morgan fingerprint density at radius 2 is 1.62 bits per heavy atom. The Balaban J connectivity index is 2.26. The third-order valence-electron chi connectivity index (χ3n) is 10.4. The minimum Gasteiger partial charge on any atom is -0.508 e. The number of ether oxygens (including phenoxy) is 1. The molecule has 0 aromatic heterocycles. The van der Waals surface area contributed by atoms with Gasteiger partial charge in [0.1, 0.15) is 11.8 Å². The van der Waals surface area contributed by atoms with Crippen molar-refractivity contribution in [1.29, 1.82) is 0 Å². The van der Waals surface area contributed by atoms with Gasteiger partial charge in [-0.15, -0.1) is 11.8 Å². The molecule has 0 spiro atoms. The van der Waals surface area contributed by atoms with Crippen LogP contribution in [0.5, 0.6) is 5.75 Å². The smallest absolute Gasteiger partial charge is 0.245 e. The number of hydrogen-bond donors (Lipinski definition) is 3. The molecule has 1 aliphatic rings. The zero-order valence-corrected chi connectivity index (χ0v) is 35.7. The largest absolute Gasteiger partial charge is 0.508 e. The number of methoxy groups -OCH3 is 1. The van der Waals surface area contributed by atoms with Crippen molar-refractivity contribution >= 4 is 35.4 Å². The number of likely N-dealkylation sites (tertiary alicyclic amines) is 1. The van der Waals surface area contributed by atoms with Crippen LogP contribution in [0.15, 0.2) is 24.3 Å². The Morgan fingerprint density at radius 1 is 1.00 bits per heavy atom. The Hall–Kier alpha value is -2.83. The summed E-state index contributed by atoms with van der Waals surface area (Å²) < 4.78 is 5.94.